The normalized spacial score (nSPS) is 16.7. The maximum atomic E-state index is 13.3. The van der Waals surface area contributed by atoms with E-state index >= 15 is 0 Å². The third-order valence-electron chi connectivity index (χ3n) is 5.43. The minimum absolute atomic E-state index is 0.00267. The molecule has 1 aromatic carbocycles. The van der Waals surface area contributed by atoms with Crippen molar-refractivity contribution >= 4 is 5.91 Å². The molecule has 1 saturated carbocycles. The Kier molecular flexibility index (Phi) is 4.57. The number of aromatic nitrogens is 2. The number of aryl methyl sites for hydroxylation is 2. The fourth-order valence-corrected chi connectivity index (χ4v) is 3.87. The number of amides is 1. The second-order valence-electron chi connectivity index (χ2n) is 7.17. The van der Waals surface area contributed by atoms with Crippen molar-refractivity contribution in [3.05, 3.63) is 41.2 Å². The highest BCUT2D eigenvalue weighted by atomic mass is 16.7. The van der Waals surface area contributed by atoms with E-state index in [1.165, 1.54) is 19.3 Å². The van der Waals surface area contributed by atoms with Crippen molar-refractivity contribution in [1.82, 2.24) is 14.7 Å². The maximum Gasteiger partial charge on any atom is 0.274 e. The summed E-state index contributed by atoms with van der Waals surface area (Å²) in [6.45, 7) is 2.72. The summed E-state index contributed by atoms with van der Waals surface area (Å²) in [6, 6.07) is 7.99. The molecule has 6 heteroatoms. The molecule has 6 nitrogen and oxygen atoms in total. The summed E-state index contributed by atoms with van der Waals surface area (Å²) < 4.78 is 12.9. The first-order valence-corrected chi connectivity index (χ1v) is 9.32. The Morgan fingerprint density at radius 1 is 1.27 bits per heavy atom. The van der Waals surface area contributed by atoms with Crippen LogP contribution in [0.1, 0.15) is 53.8 Å². The topological polar surface area (TPSA) is 56.6 Å². The summed E-state index contributed by atoms with van der Waals surface area (Å²) in [5, 5.41) is 4.41. The second kappa shape index (κ2) is 7.02. The van der Waals surface area contributed by atoms with Gasteiger partial charge in [-0.3, -0.25) is 9.48 Å². The van der Waals surface area contributed by atoms with Gasteiger partial charge in [0.25, 0.3) is 5.91 Å². The smallest absolute Gasteiger partial charge is 0.274 e. The molecular formula is C20H25N3O3. The Balaban J connectivity index is 1.65. The van der Waals surface area contributed by atoms with Crippen LogP contribution in [0.25, 0.3) is 0 Å². The van der Waals surface area contributed by atoms with Gasteiger partial charge < -0.3 is 14.4 Å². The molecule has 0 radical (unpaired) electrons. The monoisotopic (exact) mass is 355 g/mol. The van der Waals surface area contributed by atoms with Crippen molar-refractivity contribution in [2.45, 2.75) is 51.6 Å². The summed E-state index contributed by atoms with van der Waals surface area (Å²) in [5.41, 5.74) is 2.49. The van der Waals surface area contributed by atoms with Gasteiger partial charge in [0.05, 0.1) is 6.54 Å². The second-order valence-corrected chi connectivity index (χ2v) is 7.17. The quantitative estimate of drug-likeness (QED) is 0.843. The van der Waals surface area contributed by atoms with Gasteiger partial charge in [0, 0.05) is 24.3 Å². The van der Waals surface area contributed by atoms with Crippen LogP contribution in [0.15, 0.2) is 24.3 Å². The van der Waals surface area contributed by atoms with E-state index in [0.717, 1.165) is 35.6 Å². The van der Waals surface area contributed by atoms with Crippen LogP contribution in [0, 0.1) is 6.92 Å². The third-order valence-corrected chi connectivity index (χ3v) is 5.43. The number of fused-ring (bicyclic) bond motifs is 1. The Morgan fingerprint density at radius 3 is 2.81 bits per heavy atom. The Bertz CT molecular complexity index is 789. The maximum absolute atomic E-state index is 13.3. The van der Waals surface area contributed by atoms with Crippen LogP contribution in [0.4, 0.5) is 0 Å². The van der Waals surface area contributed by atoms with Gasteiger partial charge in [-0.15, -0.1) is 0 Å². The summed E-state index contributed by atoms with van der Waals surface area (Å²) in [4.78, 5) is 15.3. The summed E-state index contributed by atoms with van der Waals surface area (Å²) in [6.07, 6.45) is 5.68. The largest absolute Gasteiger partial charge is 0.454 e. The Hall–Kier alpha value is -2.50. The molecule has 1 aliphatic carbocycles. The van der Waals surface area contributed by atoms with E-state index in [4.69, 9.17) is 9.47 Å². The molecule has 0 saturated heterocycles. The SMILES string of the molecule is Cc1cc(C(=O)N(Cc2cccc3c2OCO3)C2CCCCC2)nn1C. The fraction of sp³-hybridized carbons (Fsp3) is 0.500. The first-order valence-electron chi connectivity index (χ1n) is 9.32. The Morgan fingerprint density at radius 2 is 2.08 bits per heavy atom. The number of carbonyl (C=O) groups excluding carboxylic acids is 1. The lowest BCUT2D eigenvalue weighted by Crippen LogP contribution is -2.41. The highest BCUT2D eigenvalue weighted by Crippen LogP contribution is 2.37. The molecule has 4 rings (SSSR count). The molecule has 1 aromatic heterocycles. The molecule has 0 bridgehead atoms. The van der Waals surface area contributed by atoms with Crippen molar-refractivity contribution in [3.63, 3.8) is 0 Å². The number of nitrogens with zero attached hydrogens (tertiary/aromatic N) is 3. The molecule has 138 valence electrons. The van der Waals surface area contributed by atoms with Crippen LogP contribution in [0.3, 0.4) is 0 Å². The molecule has 1 aliphatic heterocycles. The number of ether oxygens (including phenoxy) is 2. The standard InChI is InChI=1S/C20H25N3O3/c1-14-11-17(21-22(14)2)20(24)23(16-8-4-3-5-9-16)12-15-7-6-10-18-19(15)26-13-25-18/h6-7,10-11,16H,3-5,8-9,12-13H2,1-2H3. The molecule has 0 N–H and O–H groups in total. The number of para-hydroxylation sites is 1. The average Bonchev–Trinajstić information content (AvgIpc) is 3.27. The van der Waals surface area contributed by atoms with Gasteiger partial charge in [-0.25, -0.2) is 0 Å². The molecule has 26 heavy (non-hydrogen) atoms. The zero-order chi connectivity index (χ0) is 18.1. The van der Waals surface area contributed by atoms with Crippen LogP contribution in [0.5, 0.6) is 11.5 Å². The van der Waals surface area contributed by atoms with Crippen molar-refractivity contribution in [1.29, 1.82) is 0 Å². The number of hydrogen-bond donors (Lipinski definition) is 0. The summed E-state index contributed by atoms with van der Waals surface area (Å²) in [7, 11) is 1.87. The molecule has 0 atom stereocenters. The van der Waals surface area contributed by atoms with E-state index in [0.29, 0.717) is 12.2 Å². The number of rotatable bonds is 4. The van der Waals surface area contributed by atoms with Gasteiger partial charge in [0.15, 0.2) is 17.2 Å². The van der Waals surface area contributed by atoms with Gasteiger partial charge in [0.2, 0.25) is 6.79 Å². The first kappa shape index (κ1) is 16.9. The molecule has 0 unspecified atom stereocenters. The number of benzene rings is 1. The lowest BCUT2D eigenvalue weighted by atomic mass is 9.93. The van der Waals surface area contributed by atoms with E-state index in [-0.39, 0.29) is 18.7 Å². The summed E-state index contributed by atoms with van der Waals surface area (Å²) in [5.74, 6) is 1.52. The van der Waals surface area contributed by atoms with Crippen molar-refractivity contribution in [2.75, 3.05) is 6.79 Å². The van der Waals surface area contributed by atoms with E-state index < -0.39 is 0 Å². The van der Waals surface area contributed by atoms with Gasteiger partial charge in [-0.2, -0.15) is 5.10 Å². The number of carbonyl (C=O) groups is 1. The molecule has 2 heterocycles. The lowest BCUT2D eigenvalue weighted by molar-refractivity contribution is 0.0605. The highest BCUT2D eigenvalue weighted by molar-refractivity contribution is 5.92. The zero-order valence-corrected chi connectivity index (χ0v) is 15.4. The predicted molar refractivity (Wildman–Crippen MR) is 97.3 cm³/mol. The van der Waals surface area contributed by atoms with Crippen LogP contribution in [-0.4, -0.2) is 33.4 Å². The van der Waals surface area contributed by atoms with Crippen molar-refractivity contribution < 1.29 is 14.3 Å². The van der Waals surface area contributed by atoms with Crippen LogP contribution < -0.4 is 9.47 Å². The first-order chi connectivity index (χ1) is 12.6. The van der Waals surface area contributed by atoms with E-state index in [1.807, 2.05) is 43.1 Å². The van der Waals surface area contributed by atoms with Gasteiger partial charge in [-0.1, -0.05) is 31.4 Å². The van der Waals surface area contributed by atoms with Crippen molar-refractivity contribution in [2.24, 2.45) is 7.05 Å². The molecule has 1 fully saturated rings. The van der Waals surface area contributed by atoms with Gasteiger partial charge in [0.1, 0.15) is 0 Å². The van der Waals surface area contributed by atoms with Crippen LogP contribution in [0.2, 0.25) is 0 Å². The highest BCUT2D eigenvalue weighted by Gasteiger charge is 2.30. The van der Waals surface area contributed by atoms with Gasteiger partial charge in [-0.05, 0) is 31.9 Å². The molecular weight excluding hydrogens is 330 g/mol. The molecule has 0 spiro atoms. The van der Waals surface area contributed by atoms with E-state index in [2.05, 4.69) is 5.10 Å². The van der Waals surface area contributed by atoms with E-state index in [9.17, 15) is 4.79 Å². The van der Waals surface area contributed by atoms with Crippen LogP contribution in [-0.2, 0) is 13.6 Å². The Labute approximate surface area is 153 Å². The van der Waals surface area contributed by atoms with Crippen LogP contribution >= 0.6 is 0 Å². The summed E-state index contributed by atoms with van der Waals surface area (Å²) >= 11 is 0. The molecule has 2 aliphatic rings. The predicted octanol–water partition coefficient (Wildman–Crippen LogP) is 3.43. The molecule has 2 aromatic rings. The third kappa shape index (κ3) is 3.16. The van der Waals surface area contributed by atoms with E-state index in [1.54, 1.807) is 4.68 Å². The minimum atomic E-state index is -0.00267. The average molecular weight is 355 g/mol. The fourth-order valence-electron chi connectivity index (χ4n) is 3.87. The zero-order valence-electron chi connectivity index (χ0n) is 15.4. The van der Waals surface area contributed by atoms with Crippen molar-refractivity contribution in [3.8, 4) is 11.5 Å². The lowest BCUT2D eigenvalue weighted by Gasteiger charge is -2.34. The molecule has 1 amide bonds. The van der Waals surface area contributed by atoms with Gasteiger partial charge >= 0.3 is 0 Å². The minimum Gasteiger partial charge on any atom is -0.454 e. The number of hydrogen-bond acceptors (Lipinski definition) is 4.